The molecule has 0 radical (unpaired) electrons. The third-order valence-corrected chi connectivity index (χ3v) is 3.34. The molecule has 2 unspecified atom stereocenters. The van der Waals surface area contributed by atoms with E-state index in [1.165, 1.54) is 34.7 Å². The van der Waals surface area contributed by atoms with Crippen molar-refractivity contribution >= 4 is 11.9 Å². The molecule has 2 heterocycles. The van der Waals surface area contributed by atoms with Gasteiger partial charge in [0.1, 0.15) is 37.5 Å². The lowest BCUT2D eigenvalue weighted by atomic mass is 10.2. The smallest absolute Gasteiger partial charge is 0.417 e. The highest BCUT2D eigenvalue weighted by Crippen LogP contribution is 2.06. The largest absolute Gasteiger partial charge is 0.452 e. The van der Waals surface area contributed by atoms with Crippen LogP contribution in [0.5, 0.6) is 0 Å². The molecule has 10 nitrogen and oxygen atoms in total. The summed E-state index contributed by atoms with van der Waals surface area (Å²) in [6.07, 6.45) is 5.91. The number of esters is 2. The van der Waals surface area contributed by atoms with Gasteiger partial charge in [-0.2, -0.15) is 10.2 Å². The molecule has 24 heavy (non-hydrogen) atoms. The second-order valence-corrected chi connectivity index (χ2v) is 5.11. The molecule has 0 bridgehead atoms. The number of hydrogen-bond acceptors (Lipinski definition) is 8. The van der Waals surface area contributed by atoms with Crippen molar-refractivity contribution in [1.29, 1.82) is 0 Å². The maximum Gasteiger partial charge on any atom is 0.417 e. The van der Waals surface area contributed by atoms with E-state index in [0.29, 0.717) is 25.9 Å². The Morgan fingerprint density at radius 1 is 0.875 bits per heavy atom. The Kier molecular flexibility index (Phi) is 6.41. The van der Waals surface area contributed by atoms with Crippen LogP contribution in [0.25, 0.3) is 0 Å². The minimum absolute atomic E-state index is 0.325. The van der Waals surface area contributed by atoms with Crippen molar-refractivity contribution in [3.05, 3.63) is 25.3 Å². The molecule has 0 fully saturated rings. The first kappa shape index (κ1) is 17.6. The summed E-state index contributed by atoms with van der Waals surface area (Å²) in [5.41, 5.74) is 0. The van der Waals surface area contributed by atoms with E-state index in [0.717, 1.165) is 0 Å². The molecular weight excluding hydrogens is 316 g/mol. The first-order valence-electron chi connectivity index (χ1n) is 7.68. The van der Waals surface area contributed by atoms with E-state index in [9.17, 15) is 9.59 Å². The zero-order valence-corrected chi connectivity index (χ0v) is 13.6. The summed E-state index contributed by atoms with van der Waals surface area (Å²) in [7, 11) is 0. The standard InChI is InChI=1S/C14H20N6O4/c1-3-11(5-19-9-15-7-17-19)23-13(21)14(22)24-12(4-2)6-20-10-16-8-18-20/h7-12H,3-6H2,1-2H3. The average molecular weight is 336 g/mol. The molecule has 130 valence electrons. The van der Waals surface area contributed by atoms with Crippen LogP contribution in [0.4, 0.5) is 0 Å². The van der Waals surface area contributed by atoms with Crippen molar-refractivity contribution in [2.45, 2.75) is 52.0 Å². The van der Waals surface area contributed by atoms with Crippen molar-refractivity contribution in [2.24, 2.45) is 0 Å². The van der Waals surface area contributed by atoms with Gasteiger partial charge in [0, 0.05) is 0 Å². The fourth-order valence-electron chi connectivity index (χ4n) is 1.97. The van der Waals surface area contributed by atoms with Crippen molar-refractivity contribution in [1.82, 2.24) is 29.5 Å². The second-order valence-electron chi connectivity index (χ2n) is 5.11. The van der Waals surface area contributed by atoms with Gasteiger partial charge >= 0.3 is 11.9 Å². The molecule has 2 aromatic heterocycles. The molecule has 0 aliphatic carbocycles. The molecule has 2 rings (SSSR count). The van der Waals surface area contributed by atoms with Crippen LogP contribution in [0.3, 0.4) is 0 Å². The zero-order chi connectivity index (χ0) is 17.4. The molecule has 2 atom stereocenters. The van der Waals surface area contributed by atoms with E-state index in [4.69, 9.17) is 9.47 Å². The fraction of sp³-hybridized carbons (Fsp3) is 0.571. The number of carbonyl (C=O) groups excluding carboxylic acids is 2. The van der Waals surface area contributed by atoms with E-state index < -0.39 is 24.1 Å². The van der Waals surface area contributed by atoms with Gasteiger partial charge in [-0.1, -0.05) is 13.8 Å². The molecular formula is C14H20N6O4. The van der Waals surface area contributed by atoms with Gasteiger partial charge in [0.15, 0.2) is 0 Å². The maximum atomic E-state index is 11.9. The summed E-state index contributed by atoms with van der Waals surface area (Å²) >= 11 is 0. The summed E-state index contributed by atoms with van der Waals surface area (Å²) in [5.74, 6) is -2.03. The van der Waals surface area contributed by atoms with Crippen LogP contribution in [0.15, 0.2) is 25.3 Å². The molecule has 0 spiro atoms. The summed E-state index contributed by atoms with van der Waals surface area (Å²) < 4.78 is 13.4. The molecule has 0 aliphatic heterocycles. The Morgan fingerprint density at radius 3 is 1.58 bits per heavy atom. The highest BCUT2D eigenvalue weighted by molar-refractivity contribution is 6.29. The van der Waals surface area contributed by atoms with Crippen LogP contribution in [0.2, 0.25) is 0 Å². The van der Waals surface area contributed by atoms with E-state index in [1.54, 1.807) is 0 Å². The lowest BCUT2D eigenvalue weighted by Gasteiger charge is -2.18. The molecule has 10 heteroatoms. The summed E-state index contributed by atoms with van der Waals surface area (Å²) in [6, 6.07) is 0. The number of rotatable bonds is 8. The monoisotopic (exact) mass is 336 g/mol. The Morgan fingerprint density at radius 2 is 1.29 bits per heavy atom. The lowest BCUT2D eigenvalue weighted by molar-refractivity contribution is -0.175. The normalized spacial score (nSPS) is 13.2. The number of ether oxygens (including phenoxy) is 2. The van der Waals surface area contributed by atoms with Gasteiger partial charge in [0.2, 0.25) is 0 Å². The number of aromatic nitrogens is 6. The highest BCUT2D eigenvalue weighted by atomic mass is 16.6. The van der Waals surface area contributed by atoms with E-state index in [-0.39, 0.29) is 0 Å². The van der Waals surface area contributed by atoms with Gasteiger partial charge in [-0.3, -0.25) is 0 Å². The van der Waals surface area contributed by atoms with Crippen LogP contribution in [0.1, 0.15) is 26.7 Å². The summed E-state index contributed by atoms with van der Waals surface area (Å²) in [4.78, 5) is 31.5. The topological polar surface area (TPSA) is 114 Å². The lowest BCUT2D eigenvalue weighted by Crippen LogP contribution is -2.32. The Hall–Kier alpha value is -2.78. The highest BCUT2D eigenvalue weighted by Gasteiger charge is 2.25. The Balaban J connectivity index is 1.84. The van der Waals surface area contributed by atoms with Gasteiger partial charge in [-0.05, 0) is 12.8 Å². The van der Waals surface area contributed by atoms with E-state index in [1.807, 2.05) is 13.8 Å². The minimum atomic E-state index is -1.01. The summed E-state index contributed by atoms with van der Waals surface area (Å²) in [5, 5.41) is 7.88. The third-order valence-electron chi connectivity index (χ3n) is 3.34. The van der Waals surface area contributed by atoms with Crippen molar-refractivity contribution < 1.29 is 19.1 Å². The predicted molar refractivity (Wildman–Crippen MR) is 80.4 cm³/mol. The number of nitrogens with zero attached hydrogens (tertiary/aromatic N) is 6. The molecule has 0 saturated heterocycles. The van der Waals surface area contributed by atoms with Gasteiger partial charge in [0.05, 0.1) is 13.1 Å². The zero-order valence-electron chi connectivity index (χ0n) is 13.6. The third kappa shape index (κ3) is 5.14. The van der Waals surface area contributed by atoms with Gasteiger partial charge in [-0.25, -0.2) is 28.9 Å². The molecule has 0 aromatic carbocycles. The first-order chi connectivity index (χ1) is 11.6. The average Bonchev–Trinajstić information content (AvgIpc) is 3.27. The molecule has 0 N–H and O–H groups in total. The molecule has 0 saturated carbocycles. The number of carbonyl (C=O) groups is 2. The van der Waals surface area contributed by atoms with Crippen LogP contribution in [-0.2, 0) is 32.2 Å². The van der Waals surface area contributed by atoms with Gasteiger partial charge in [0.25, 0.3) is 0 Å². The fourth-order valence-corrected chi connectivity index (χ4v) is 1.97. The van der Waals surface area contributed by atoms with Crippen molar-refractivity contribution in [2.75, 3.05) is 0 Å². The van der Waals surface area contributed by atoms with Crippen LogP contribution < -0.4 is 0 Å². The second kappa shape index (κ2) is 8.75. The Labute approximate surface area is 138 Å². The Bertz CT molecular complexity index is 572. The maximum absolute atomic E-state index is 11.9. The van der Waals surface area contributed by atoms with Crippen molar-refractivity contribution in [3.63, 3.8) is 0 Å². The number of hydrogen-bond donors (Lipinski definition) is 0. The molecule has 2 aromatic rings. The molecule has 0 amide bonds. The SMILES string of the molecule is CCC(Cn1cncn1)OC(=O)C(=O)OC(CC)Cn1cncn1. The summed E-state index contributed by atoms with van der Waals surface area (Å²) in [6.45, 7) is 4.34. The quantitative estimate of drug-likeness (QED) is 0.496. The minimum Gasteiger partial charge on any atom is -0.452 e. The molecule has 0 aliphatic rings. The van der Waals surface area contributed by atoms with E-state index in [2.05, 4.69) is 20.2 Å². The van der Waals surface area contributed by atoms with Gasteiger partial charge < -0.3 is 9.47 Å². The van der Waals surface area contributed by atoms with Crippen LogP contribution in [-0.4, -0.2) is 53.7 Å². The van der Waals surface area contributed by atoms with Crippen LogP contribution in [0, 0.1) is 0 Å². The van der Waals surface area contributed by atoms with Gasteiger partial charge in [-0.15, -0.1) is 0 Å². The first-order valence-corrected chi connectivity index (χ1v) is 7.68. The van der Waals surface area contributed by atoms with Crippen molar-refractivity contribution in [3.8, 4) is 0 Å². The van der Waals surface area contributed by atoms with Crippen LogP contribution >= 0.6 is 0 Å². The van der Waals surface area contributed by atoms with E-state index >= 15 is 0 Å². The predicted octanol–water partition coefficient (Wildman–Crippen LogP) is 0.213.